The summed E-state index contributed by atoms with van der Waals surface area (Å²) in [5, 5.41) is 17.8. The van der Waals surface area contributed by atoms with Crippen LogP contribution in [0.5, 0.6) is 0 Å². The molecule has 0 heterocycles. The minimum atomic E-state index is 0.315. The molecule has 0 fully saturated rings. The number of nitrogens with zero attached hydrogens (tertiary/aromatic N) is 2. The standard InChI is InChI=1S/C8H20NO.HNO2/c1-4-9(5-2,6-3)7-8-10;2-1-3/h10H,4-8H2,1-3H3;(H,2,3)/q+1;/p-1. The van der Waals surface area contributed by atoms with E-state index in [1.165, 1.54) is 0 Å². The monoisotopic (exact) mass is 192 g/mol. The van der Waals surface area contributed by atoms with E-state index in [2.05, 4.69) is 20.8 Å². The first-order valence-corrected chi connectivity index (χ1v) is 4.57. The molecule has 0 unspecified atom stereocenters. The summed E-state index contributed by atoms with van der Waals surface area (Å²) in [6.45, 7) is 11.2. The SMILES string of the molecule is CC[N+](CC)(CC)CCO.O=N[O-]. The number of quaternary nitrogens is 1. The molecule has 0 radical (unpaired) electrons. The van der Waals surface area contributed by atoms with Crippen molar-refractivity contribution in [2.75, 3.05) is 32.8 Å². The molecule has 13 heavy (non-hydrogen) atoms. The summed E-state index contributed by atoms with van der Waals surface area (Å²) in [7, 11) is 0. The molecule has 0 aliphatic rings. The van der Waals surface area contributed by atoms with Gasteiger partial charge >= 0.3 is 0 Å². The lowest BCUT2D eigenvalue weighted by molar-refractivity contribution is -0.923. The predicted molar refractivity (Wildman–Crippen MR) is 53.0 cm³/mol. The summed E-state index contributed by atoms with van der Waals surface area (Å²) < 4.78 is 1.05. The van der Waals surface area contributed by atoms with E-state index in [1.54, 1.807) is 0 Å². The molecule has 0 aromatic rings. The molecule has 0 bridgehead atoms. The summed E-state index contributed by atoms with van der Waals surface area (Å²) in [5.74, 6) is 0. The summed E-state index contributed by atoms with van der Waals surface area (Å²) >= 11 is 0. The highest BCUT2D eigenvalue weighted by atomic mass is 16.6. The Hall–Kier alpha value is -0.680. The van der Waals surface area contributed by atoms with Crippen molar-refractivity contribution in [1.82, 2.24) is 0 Å². The Bertz CT molecular complexity index is 108. The number of rotatable bonds is 5. The van der Waals surface area contributed by atoms with Crippen LogP contribution in [0, 0.1) is 10.1 Å². The highest BCUT2D eigenvalue weighted by molar-refractivity contribution is 4.35. The highest BCUT2D eigenvalue weighted by Crippen LogP contribution is 2.03. The van der Waals surface area contributed by atoms with Gasteiger partial charge in [-0.15, -0.1) is 5.34 Å². The Morgan fingerprint density at radius 2 is 1.54 bits per heavy atom. The van der Waals surface area contributed by atoms with Gasteiger partial charge in [0.15, 0.2) is 0 Å². The minimum Gasteiger partial charge on any atom is -0.444 e. The van der Waals surface area contributed by atoms with E-state index >= 15 is 0 Å². The summed E-state index contributed by atoms with van der Waals surface area (Å²) in [5.41, 5.74) is 0. The highest BCUT2D eigenvalue weighted by Gasteiger charge is 2.18. The van der Waals surface area contributed by atoms with E-state index in [1.807, 2.05) is 0 Å². The van der Waals surface area contributed by atoms with Crippen molar-refractivity contribution < 1.29 is 9.59 Å². The van der Waals surface area contributed by atoms with Crippen LogP contribution in [0.15, 0.2) is 5.34 Å². The zero-order chi connectivity index (χ0) is 10.7. The quantitative estimate of drug-likeness (QED) is 0.403. The topological polar surface area (TPSA) is 72.7 Å². The van der Waals surface area contributed by atoms with Crippen molar-refractivity contribution >= 4 is 0 Å². The van der Waals surface area contributed by atoms with Gasteiger partial charge in [-0.2, -0.15) is 0 Å². The first-order valence-electron chi connectivity index (χ1n) is 4.57. The van der Waals surface area contributed by atoms with Gasteiger partial charge in [-0.05, 0) is 20.8 Å². The van der Waals surface area contributed by atoms with Crippen molar-refractivity contribution in [2.45, 2.75) is 20.8 Å². The van der Waals surface area contributed by atoms with Crippen molar-refractivity contribution in [3.8, 4) is 0 Å². The molecule has 0 amide bonds. The minimum absolute atomic E-state index is 0.315. The zero-order valence-electron chi connectivity index (χ0n) is 8.69. The van der Waals surface area contributed by atoms with Crippen molar-refractivity contribution in [2.24, 2.45) is 5.34 Å². The van der Waals surface area contributed by atoms with E-state index in [4.69, 9.17) is 15.2 Å². The number of aliphatic hydroxyl groups excluding tert-OH is 1. The van der Waals surface area contributed by atoms with Crippen LogP contribution in [0.1, 0.15) is 20.8 Å². The van der Waals surface area contributed by atoms with Gasteiger partial charge in [-0.3, -0.25) is 0 Å². The molecule has 0 aromatic carbocycles. The number of aliphatic hydroxyl groups is 1. The molecule has 0 saturated carbocycles. The predicted octanol–water partition coefficient (Wildman–Crippen LogP) is 1.11. The first kappa shape index (κ1) is 14.8. The average molecular weight is 192 g/mol. The van der Waals surface area contributed by atoms with Crippen LogP contribution in [0.3, 0.4) is 0 Å². The maximum Gasteiger partial charge on any atom is 0.102 e. The van der Waals surface area contributed by atoms with Crippen molar-refractivity contribution in [1.29, 1.82) is 0 Å². The molecular weight excluding hydrogens is 172 g/mol. The number of hydrogen-bond donors (Lipinski definition) is 1. The molecular formula is C8H20N2O3. The number of likely N-dealkylation sites (N-methyl/N-ethyl adjacent to an activating group) is 1. The Labute approximate surface area is 79.5 Å². The van der Waals surface area contributed by atoms with Crippen molar-refractivity contribution in [3.63, 3.8) is 0 Å². The Balaban J connectivity index is 0. The largest absolute Gasteiger partial charge is 0.444 e. The molecule has 0 aliphatic heterocycles. The third-order valence-electron chi connectivity index (χ3n) is 2.59. The van der Waals surface area contributed by atoms with Crippen LogP contribution in [-0.4, -0.2) is 42.4 Å². The molecule has 0 aromatic heterocycles. The van der Waals surface area contributed by atoms with Crippen LogP contribution in [0.4, 0.5) is 0 Å². The molecule has 0 saturated heterocycles. The molecule has 5 nitrogen and oxygen atoms in total. The van der Waals surface area contributed by atoms with E-state index in [0.717, 1.165) is 36.0 Å². The van der Waals surface area contributed by atoms with E-state index < -0.39 is 0 Å². The van der Waals surface area contributed by atoms with Crippen LogP contribution >= 0.6 is 0 Å². The van der Waals surface area contributed by atoms with Gasteiger partial charge in [0.05, 0.1) is 26.2 Å². The molecule has 1 N–H and O–H groups in total. The zero-order valence-corrected chi connectivity index (χ0v) is 8.69. The van der Waals surface area contributed by atoms with Gasteiger partial charge in [0, 0.05) is 0 Å². The molecule has 0 aliphatic carbocycles. The van der Waals surface area contributed by atoms with Crippen LogP contribution < -0.4 is 0 Å². The third kappa shape index (κ3) is 6.48. The van der Waals surface area contributed by atoms with E-state index in [9.17, 15) is 0 Å². The normalized spacial score (nSPS) is 10.2. The first-order chi connectivity index (χ1) is 6.16. The Morgan fingerprint density at radius 1 is 1.23 bits per heavy atom. The third-order valence-corrected chi connectivity index (χ3v) is 2.59. The van der Waals surface area contributed by atoms with Gasteiger partial charge in [0.2, 0.25) is 0 Å². The van der Waals surface area contributed by atoms with Gasteiger partial charge in [0.25, 0.3) is 0 Å². The second-order valence-corrected chi connectivity index (χ2v) is 2.81. The fourth-order valence-electron chi connectivity index (χ4n) is 1.36. The summed E-state index contributed by atoms with van der Waals surface area (Å²) in [6, 6.07) is 0. The van der Waals surface area contributed by atoms with Gasteiger partial charge in [-0.25, -0.2) is 0 Å². The maximum absolute atomic E-state index is 8.78. The van der Waals surface area contributed by atoms with Gasteiger partial charge < -0.3 is 19.7 Å². The number of hydrogen-bond acceptors (Lipinski definition) is 4. The lowest BCUT2D eigenvalue weighted by Crippen LogP contribution is -2.49. The second-order valence-electron chi connectivity index (χ2n) is 2.81. The van der Waals surface area contributed by atoms with Crippen molar-refractivity contribution in [3.05, 3.63) is 10.1 Å². The fraction of sp³-hybridized carbons (Fsp3) is 1.00. The van der Waals surface area contributed by atoms with Gasteiger partial charge in [-0.1, -0.05) is 0 Å². The maximum atomic E-state index is 8.78. The fourth-order valence-corrected chi connectivity index (χ4v) is 1.36. The molecule has 5 heteroatoms. The lowest BCUT2D eigenvalue weighted by Gasteiger charge is -2.34. The smallest absolute Gasteiger partial charge is 0.102 e. The Kier molecular flexibility index (Phi) is 10.7. The summed E-state index contributed by atoms with van der Waals surface area (Å²) in [4.78, 5) is 8.00. The van der Waals surface area contributed by atoms with Crippen LogP contribution in [0.25, 0.3) is 0 Å². The molecule has 0 rings (SSSR count). The Morgan fingerprint density at radius 3 is 1.62 bits per heavy atom. The lowest BCUT2D eigenvalue weighted by atomic mass is 10.3. The molecule has 0 atom stereocenters. The van der Waals surface area contributed by atoms with E-state index in [-0.39, 0.29) is 0 Å². The van der Waals surface area contributed by atoms with Gasteiger partial charge in [0.1, 0.15) is 6.54 Å². The molecule has 80 valence electrons. The molecule has 0 spiro atoms. The van der Waals surface area contributed by atoms with Crippen LogP contribution in [0.2, 0.25) is 0 Å². The average Bonchev–Trinajstić information content (AvgIpc) is 2.16. The summed E-state index contributed by atoms with van der Waals surface area (Å²) in [6.07, 6.45) is 0. The van der Waals surface area contributed by atoms with E-state index in [0.29, 0.717) is 6.61 Å². The second kappa shape index (κ2) is 9.41. The van der Waals surface area contributed by atoms with Crippen LogP contribution in [-0.2, 0) is 0 Å².